The van der Waals surface area contributed by atoms with Gasteiger partial charge in [0.1, 0.15) is 0 Å². The Balaban J connectivity index is 2.24. The highest BCUT2D eigenvalue weighted by Gasteiger charge is 2.62. The molecule has 1 nitrogen and oxygen atoms in total. The minimum atomic E-state index is -4.78. The lowest BCUT2D eigenvalue weighted by Crippen LogP contribution is -2.35. The van der Waals surface area contributed by atoms with Crippen molar-refractivity contribution in [1.29, 1.82) is 0 Å². The van der Waals surface area contributed by atoms with Crippen LogP contribution < -0.4 is 0 Å². The van der Waals surface area contributed by atoms with Crippen LogP contribution in [0.4, 0.5) is 30.7 Å². The SMILES string of the molecule is CCOCCCC1c2ccccc2C(F)(F)C(F)(F)c2ccc(C(F)(F)F)cc21. The first-order chi connectivity index (χ1) is 13.5. The van der Waals surface area contributed by atoms with Gasteiger partial charge in [0, 0.05) is 30.3 Å². The van der Waals surface area contributed by atoms with E-state index in [9.17, 15) is 30.7 Å². The molecule has 29 heavy (non-hydrogen) atoms. The van der Waals surface area contributed by atoms with E-state index >= 15 is 0 Å². The van der Waals surface area contributed by atoms with E-state index in [4.69, 9.17) is 4.74 Å². The maximum absolute atomic E-state index is 14.9. The summed E-state index contributed by atoms with van der Waals surface area (Å²) in [5, 5.41) is 0. The molecule has 1 aliphatic carbocycles. The van der Waals surface area contributed by atoms with Gasteiger partial charge in [0.05, 0.1) is 5.56 Å². The van der Waals surface area contributed by atoms with Crippen molar-refractivity contribution in [3.8, 4) is 0 Å². The number of hydrogen-bond acceptors (Lipinski definition) is 1. The lowest BCUT2D eigenvalue weighted by atomic mass is 9.84. The average Bonchev–Trinajstić information content (AvgIpc) is 2.71. The zero-order valence-corrected chi connectivity index (χ0v) is 15.5. The van der Waals surface area contributed by atoms with Crippen molar-refractivity contribution in [2.24, 2.45) is 0 Å². The molecule has 0 radical (unpaired) electrons. The van der Waals surface area contributed by atoms with Crippen molar-refractivity contribution >= 4 is 0 Å². The maximum Gasteiger partial charge on any atom is 0.416 e. The third-order valence-corrected chi connectivity index (χ3v) is 5.15. The molecule has 0 saturated carbocycles. The van der Waals surface area contributed by atoms with Crippen LogP contribution in [0.1, 0.15) is 53.5 Å². The fourth-order valence-corrected chi connectivity index (χ4v) is 3.75. The van der Waals surface area contributed by atoms with Crippen LogP contribution in [-0.4, -0.2) is 13.2 Å². The molecule has 2 aromatic carbocycles. The van der Waals surface area contributed by atoms with E-state index in [0.29, 0.717) is 31.2 Å². The van der Waals surface area contributed by atoms with Crippen molar-refractivity contribution in [2.75, 3.05) is 13.2 Å². The number of fused-ring (bicyclic) bond motifs is 2. The summed E-state index contributed by atoms with van der Waals surface area (Å²) < 4.78 is 104. The molecular weight excluding hydrogens is 401 g/mol. The van der Waals surface area contributed by atoms with E-state index < -0.39 is 46.2 Å². The lowest BCUT2D eigenvalue weighted by Gasteiger charge is -2.27. The summed E-state index contributed by atoms with van der Waals surface area (Å²) in [6.45, 7) is 2.41. The monoisotopic (exact) mass is 420 g/mol. The van der Waals surface area contributed by atoms with Crippen LogP contribution in [0.2, 0.25) is 0 Å². The Labute approximate surface area is 163 Å². The van der Waals surface area contributed by atoms with E-state index in [1.54, 1.807) is 6.92 Å². The van der Waals surface area contributed by atoms with Crippen LogP contribution in [-0.2, 0) is 22.8 Å². The van der Waals surface area contributed by atoms with Gasteiger partial charge in [-0.2, -0.15) is 30.7 Å². The Hall–Kier alpha value is -2.09. The number of halogens is 7. The number of rotatable bonds is 5. The normalized spacial score (nSPS) is 19.9. The Morgan fingerprint density at radius 3 is 2.14 bits per heavy atom. The maximum atomic E-state index is 14.9. The van der Waals surface area contributed by atoms with E-state index in [1.165, 1.54) is 18.2 Å². The molecule has 0 bridgehead atoms. The van der Waals surface area contributed by atoms with Crippen LogP contribution in [0.25, 0.3) is 0 Å². The van der Waals surface area contributed by atoms with Crippen molar-refractivity contribution < 1.29 is 35.5 Å². The van der Waals surface area contributed by atoms with E-state index in [1.807, 2.05) is 0 Å². The minimum absolute atomic E-state index is 0.0910. The van der Waals surface area contributed by atoms with Gasteiger partial charge in [0.25, 0.3) is 0 Å². The first-order valence-corrected chi connectivity index (χ1v) is 9.16. The molecular formula is C21H19F7O. The van der Waals surface area contributed by atoms with Crippen molar-refractivity contribution in [3.05, 3.63) is 70.3 Å². The number of alkyl halides is 7. The summed E-state index contributed by atoms with van der Waals surface area (Å²) in [6.07, 6.45) is -4.37. The second-order valence-electron chi connectivity index (χ2n) is 6.93. The molecule has 1 aliphatic rings. The highest BCUT2D eigenvalue weighted by Crippen LogP contribution is 2.57. The third kappa shape index (κ3) is 3.74. The predicted octanol–water partition coefficient (Wildman–Crippen LogP) is 6.85. The van der Waals surface area contributed by atoms with Gasteiger partial charge in [0.15, 0.2) is 0 Å². The third-order valence-electron chi connectivity index (χ3n) is 5.15. The zero-order chi connectivity index (χ0) is 21.4. The summed E-state index contributed by atoms with van der Waals surface area (Å²) in [6, 6.07) is 6.31. The van der Waals surface area contributed by atoms with Crippen LogP contribution in [0.3, 0.4) is 0 Å². The standard InChI is InChI=1S/C21H19F7O/c1-2-29-11-5-7-14-15-6-3-4-8-17(15)19(22,23)20(24,25)18-10-9-13(12-16(14)18)21(26,27)28/h3-4,6,8-10,12,14H,2,5,7,11H2,1H3. The summed E-state index contributed by atoms with van der Waals surface area (Å²) in [4.78, 5) is 0. The first-order valence-electron chi connectivity index (χ1n) is 9.16. The van der Waals surface area contributed by atoms with E-state index in [2.05, 4.69) is 0 Å². The molecule has 0 spiro atoms. The van der Waals surface area contributed by atoms with Crippen LogP contribution in [0.15, 0.2) is 42.5 Å². The molecule has 0 fully saturated rings. The Morgan fingerprint density at radius 2 is 1.52 bits per heavy atom. The van der Waals surface area contributed by atoms with Gasteiger partial charge in [-0.3, -0.25) is 0 Å². The van der Waals surface area contributed by atoms with Crippen LogP contribution in [0.5, 0.6) is 0 Å². The lowest BCUT2D eigenvalue weighted by molar-refractivity contribution is -0.223. The molecule has 8 heteroatoms. The van der Waals surface area contributed by atoms with Gasteiger partial charge in [-0.1, -0.05) is 30.3 Å². The second-order valence-corrected chi connectivity index (χ2v) is 6.93. The molecule has 0 aromatic heterocycles. The molecule has 0 N–H and O–H groups in total. The Bertz CT molecular complexity index is 874. The van der Waals surface area contributed by atoms with Crippen LogP contribution >= 0.6 is 0 Å². The minimum Gasteiger partial charge on any atom is -0.382 e. The molecule has 1 unspecified atom stereocenters. The fraction of sp³-hybridized carbons (Fsp3) is 0.429. The predicted molar refractivity (Wildman–Crippen MR) is 93.2 cm³/mol. The molecule has 0 saturated heterocycles. The number of benzene rings is 2. The largest absolute Gasteiger partial charge is 0.416 e. The second kappa shape index (κ2) is 7.63. The first kappa shape index (κ1) is 21.6. The van der Waals surface area contributed by atoms with Gasteiger partial charge >= 0.3 is 18.0 Å². The van der Waals surface area contributed by atoms with Crippen LogP contribution in [0, 0.1) is 0 Å². The van der Waals surface area contributed by atoms with E-state index in [-0.39, 0.29) is 18.6 Å². The van der Waals surface area contributed by atoms with Gasteiger partial charge < -0.3 is 4.74 Å². The molecule has 3 rings (SSSR count). The zero-order valence-electron chi connectivity index (χ0n) is 15.5. The summed E-state index contributed by atoms with van der Waals surface area (Å²) in [5.41, 5.74) is -3.61. The quantitative estimate of drug-likeness (QED) is 0.380. The van der Waals surface area contributed by atoms with Crippen molar-refractivity contribution in [1.82, 2.24) is 0 Å². The molecule has 158 valence electrons. The summed E-state index contributed by atoms with van der Waals surface area (Å²) >= 11 is 0. The highest BCUT2D eigenvalue weighted by molar-refractivity contribution is 5.51. The average molecular weight is 420 g/mol. The topological polar surface area (TPSA) is 9.23 Å². The highest BCUT2D eigenvalue weighted by atomic mass is 19.4. The summed E-state index contributed by atoms with van der Waals surface area (Å²) in [7, 11) is 0. The van der Waals surface area contributed by atoms with Gasteiger partial charge in [0.2, 0.25) is 0 Å². The Kier molecular flexibility index (Phi) is 5.69. The molecule has 1 atom stereocenters. The van der Waals surface area contributed by atoms with Crippen molar-refractivity contribution in [2.45, 2.75) is 43.7 Å². The molecule has 0 aliphatic heterocycles. The van der Waals surface area contributed by atoms with Gasteiger partial charge in [-0.15, -0.1) is 0 Å². The Morgan fingerprint density at radius 1 is 0.897 bits per heavy atom. The molecule has 2 aromatic rings. The number of ether oxygens (including phenoxy) is 1. The smallest absolute Gasteiger partial charge is 0.382 e. The van der Waals surface area contributed by atoms with Crippen molar-refractivity contribution in [3.63, 3.8) is 0 Å². The van der Waals surface area contributed by atoms with Gasteiger partial charge in [-0.05, 0) is 43.0 Å². The number of hydrogen-bond donors (Lipinski definition) is 0. The molecule has 0 heterocycles. The van der Waals surface area contributed by atoms with Gasteiger partial charge in [-0.25, -0.2) is 0 Å². The fourth-order valence-electron chi connectivity index (χ4n) is 3.75. The summed E-state index contributed by atoms with van der Waals surface area (Å²) in [5.74, 6) is -10.3. The molecule has 0 amide bonds. The van der Waals surface area contributed by atoms with E-state index in [0.717, 1.165) is 6.07 Å².